The van der Waals surface area contributed by atoms with Gasteiger partial charge in [-0.15, -0.1) is 0 Å². The maximum atomic E-state index is 13.2. The highest BCUT2D eigenvalue weighted by Crippen LogP contribution is 2.56. The van der Waals surface area contributed by atoms with Crippen LogP contribution in [0.5, 0.6) is 5.75 Å². The van der Waals surface area contributed by atoms with Crippen LogP contribution in [0.2, 0.25) is 5.02 Å². The molecule has 0 saturated heterocycles. The number of halogens is 5. The Hall–Kier alpha value is -1.57. The van der Waals surface area contributed by atoms with E-state index in [2.05, 4.69) is 4.74 Å². The number of ether oxygens (including phenoxy) is 1. The molecule has 0 aromatic heterocycles. The van der Waals surface area contributed by atoms with E-state index in [1.807, 2.05) is 0 Å². The number of nitro benzene ring substituents is 1. The normalized spacial score (nSPS) is 19.6. The first-order valence-electron chi connectivity index (χ1n) is 4.10. The average molecular weight is 272 g/mol. The van der Waals surface area contributed by atoms with E-state index in [0.717, 1.165) is 0 Å². The molecular weight excluding hydrogens is 270 g/mol. The van der Waals surface area contributed by atoms with Crippen LogP contribution in [0.1, 0.15) is 5.56 Å². The highest BCUT2D eigenvalue weighted by atomic mass is 35.5. The molecule has 0 aliphatic carbocycles. The van der Waals surface area contributed by atoms with Crippen LogP contribution in [0, 0.1) is 10.1 Å². The van der Waals surface area contributed by atoms with E-state index in [4.69, 9.17) is 11.6 Å². The lowest BCUT2D eigenvalue weighted by Crippen LogP contribution is -2.36. The van der Waals surface area contributed by atoms with Gasteiger partial charge in [0, 0.05) is 11.1 Å². The second-order valence-electron chi connectivity index (χ2n) is 3.25. The largest absolute Gasteiger partial charge is 0.469 e. The SMILES string of the molecule is O=[N+]([O-])c1cc(Cl)cc2c1OC(F)(F)C2(F)F. The van der Waals surface area contributed by atoms with E-state index in [9.17, 15) is 27.7 Å². The predicted octanol–water partition coefficient (Wildman–Crippen LogP) is 3.33. The van der Waals surface area contributed by atoms with Crippen LogP contribution in [0.25, 0.3) is 0 Å². The molecular formula is C8H2ClF4NO3. The second kappa shape index (κ2) is 3.22. The Balaban J connectivity index is 2.74. The molecule has 0 atom stereocenters. The van der Waals surface area contributed by atoms with E-state index in [-0.39, 0.29) is 0 Å². The first-order chi connectivity index (χ1) is 7.67. The Bertz CT molecular complexity index is 520. The van der Waals surface area contributed by atoms with E-state index in [0.29, 0.717) is 12.1 Å². The van der Waals surface area contributed by atoms with Crippen molar-refractivity contribution < 1.29 is 27.2 Å². The summed E-state index contributed by atoms with van der Waals surface area (Å²) in [7, 11) is 0. The molecule has 0 saturated carbocycles. The fourth-order valence-corrected chi connectivity index (χ4v) is 1.62. The summed E-state index contributed by atoms with van der Waals surface area (Å²) in [4.78, 5) is 9.39. The fraction of sp³-hybridized carbons (Fsp3) is 0.250. The van der Waals surface area contributed by atoms with Crippen LogP contribution in [-0.2, 0) is 5.92 Å². The Morgan fingerprint density at radius 3 is 2.41 bits per heavy atom. The number of alkyl halides is 4. The number of nitrogens with zero attached hydrogens (tertiary/aromatic N) is 1. The molecule has 1 aromatic rings. The van der Waals surface area contributed by atoms with Gasteiger partial charge >= 0.3 is 17.7 Å². The zero-order chi connectivity index (χ0) is 13.0. The fourth-order valence-electron chi connectivity index (χ4n) is 1.40. The Morgan fingerprint density at radius 1 is 1.29 bits per heavy atom. The van der Waals surface area contributed by atoms with Gasteiger partial charge in [0.25, 0.3) is 0 Å². The van der Waals surface area contributed by atoms with Gasteiger partial charge in [-0.1, -0.05) is 11.6 Å². The molecule has 0 amide bonds. The van der Waals surface area contributed by atoms with Gasteiger partial charge in [-0.3, -0.25) is 10.1 Å². The molecule has 0 bridgehead atoms. The molecule has 1 aliphatic heterocycles. The summed E-state index contributed by atoms with van der Waals surface area (Å²) in [5.41, 5.74) is -2.31. The van der Waals surface area contributed by atoms with Gasteiger partial charge in [0.05, 0.1) is 10.5 Å². The standard InChI is InChI=1S/C8H2ClF4NO3/c9-3-1-4-6(5(2-3)14(15)16)17-8(12,13)7(4,10)11/h1-2H. The van der Waals surface area contributed by atoms with Crippen LogP contribution in [0.15, 0.2) is 12.1 Å². The summed E-state index contributed by atoms with van der Waals surface area (Å²) in [6, 6.07) is 1.18. The van der Waals surface area contributed by atoms with Crippen molar-refractivity contribution in [2.75, 3.05) is 0 Å². The summed E-state index contributed by atoms with van der Waals surface area (Å²) >= 11 is 5.35. The zero-order valence-electron chi connectivity index (χ0n) is 7.72. The summed E-state index contributed by atoms with van der Waals surface area (Å²) in [5.74, 6) is -5.81. The maximum Gasteiger partial charge on any atom is 0.469 e. The van der Waals surface area contributed by atoms with E-state index < -0.39 is 39.0 Å². The van der Waals surface area contributed by atoms with Crippen molar-refractivity contribution in [2.45, 2.75) is 12.0 Å². The quantitative estimate of drug-likeness (QED) is 0.447. The van der Waals surface area contributed by atoms with Crippen LogP contribution in [0.4, 0.5) is 23.2 Å². The third kappa shape index (κ3) is 1.51. The molecule has 9 heteroatoms. The molecule has 4 nitrogen and oxygen atoms in total. The minimum Gasteiger partial charge on any atom is -0.420 e. The number of hydrogen-bond donors (Lipinski definition) is 0. The highest BCUT2D eigenvalue weighted by Gasteiger charge is 2.68. The topological polar surface area (TPSA) is 52.4 Å². The minimum atomic E-state index is -4.83. The number of fused-ring (bicyclic) bond motifs is 1. The van der Waals surface area contributed by atoms with Gasteiger partial charge in [-0.05, 0) is 6.07 Å². The summed E-state index contributed by atoms with van der Waals surface area (Å²) in [6.45, 7) is 0. The van der Waals surface area contributed by atoms with Gasteiger partial charge in [-0.2, -0.15) is 17.6 Å². The zero-order valence-corrected chi connectivity index (χ0v) is 8.47. The molecule has 0 unspecified atom stereocenters. The van der Waals surface area contributed by atoms with Gasteiger partial charge in [-0.25, -0.2) is 0 Å². The number of nitro groups is 1. The maximum absolute atomic E-state index is 13.2. The molecule has 1 heterocycles. The van der Waals surface area contributed by atoms with Crippen LogP contribution >= 0.6 is 11.6 Å². The monoisotopic (exact) mass is 271 g/mol. The summed E-state index contributed by atoms with van der Waals surface area (Å²) < 4.78 is 55.7. The number of hydrogen-bond acceptors (Lipinski definition) is 3. The average Bonchev–Trinajstić information content (AvgIpc) is 2.35. The van der Waals surface area contributed by atoms with Crippen molar-refractivity contribution in [3.8, 4) is 5.75 Å². The van der Waals surface area contributed by atoms with Gasteiger partial charge in [0.2, 0.25) is 5.75 Å². The van der Waals surface area contributed by atoms with Crippen molar-refractivity contribution in [3.63, 3.8) is 0 Å². The van der Waals surface area contributed by atoms with Crippen LogP contribution < -0.4 is 4.74 Å². The van der Waals surface area contributed by atoms with E-state index >= 15 is 0 Å². The van der Waals surface area contributed by atoms with Gasteiger partial charge < -0.3 is 4.74 Å². The third-order valence-corrected chi connectivity index (χ3v) is 2.38. The lowest BCUT2D eigenvalue weighted by atomic mass is 10.1. The smallest absolute Gasteiger partial charge is 0.420 e. The molecule has 0 N–H and O–H groups in total. The number of rotatable bonds is 1. The van der Waals surface area contributed by atoms with E-state index in [1.165, 1.54) is 0 Å². The van der Waals surface area contributed by atoms with Crippen LogP contribution in [-0.4, -0.2) is 11.0 Å². The van der Waals surface area contributed by atoms with Crippen molar-refractivity contribution in [3.05, 3.63) is 32.8 Å². The molecule has 0 radical (unpaired) electrons. The Morgan fingerprint density at radius 2 is 1.88 bits per heavy atom. The Labute approximate surface area is 95.9 Å². The molecule has 1 aromatic carbocycles. The summed E-state index contributed by atoms with van der Waals surface area (Å²) in [6.07, 6.45) is -4.83. The van der Waals surface area contributed by atoms with E-state index in [1.54, 1.807) is 0 Å². The molecule has 0 spiro atoms. The Kier molecular flexibility index (Phi) is 2.25. The number of benzene rings is 1. The molecule has 92 valence electrons. The molecule has 0 fully saturated rings. The second-order valence-corrected chi connectivity index (χ2v) is 3.69. The van der Waals surface area contributed by atoms with Gasteiger partial charge in [0.1, 0.15) is 0 Å². The van der Waals surface area contributed by atoms with Crippen molar-refractivity contribution in [1.29, 1.82) is 0 Å². The molecule has 2 rings (SSSR count). The minimum absolute atomic E-state index is 0.448. The van der Waals surface area contributed by atoms with Gasteiger partial charge in [0.15, 0.2) is 0 Å². The van der Waals surface area contributed by atoms with Crippen molar-refractivity contribution in [1.82, 2.24) is 0 Å². The van der Waals surface area contributed by atoms with Crippen molar-refractivity contribution in [2.24, 2.45) is 0 Å². The highest BCUT2D eigenvalue weighted by molar-refractivity contribution is 6.31. The first-order valence-corrected chi connectivity index (χ1v) is 4.47. The lowest BCUT2D eigenvalue weighted by Gasteiger charge is -2.15. The summed E-state index contributed by atoms with van der Waals surface area (Å²) in [5, 5.41) is 10.1. The van der Waals surface area contributed by atoms with Crippen LogP contribution in [0.3, 0.4) is 0 Å². The first kappa shape index (κ1) is 11.9. The third-order valence-electron chi connectivity index (χ3n) is 2.16. The predicted molar refractivity (Wildman–Crippen MR) is 47.6 cm³/mol. The molecule has 1 aliphatic rings. The van der Waals surface area contributed by atoms with Crippen molar-refractivity contribution >= 4 is 17.3 Å². The molecule has 17 heavy (non-hydrogen) atoms. The lowest BCUT2D eigenvalue weighted by molar-refractivity contribution is -0.387.